The summed E-state index contributed by atoms with van der Waals surface area (Å²) in [6, 6.07) is 12.9. The smallest absolute Gasteiger partial charge is 0.265 e. The highest BCUT2D eigenvalue weighted by Gasteiger charge is 2.17. The number of ether oxygens (including phenoxy) is 2. The molecule has 0 aliphatic carbocycles. The first-order valence-corrected chi connectivity index (χ1v) is 8.50. The van der Waals surface area contributed by atoms with Gasteiger partial charge in [0, 0.05) is 5.69 Å². The van der Waals surface area contributed by atoms with Gasteiger partial charge in [-0.05, 0) is 48.2 Å². The van der Waals surface area contributed by atoms with E-state index < -0.39 is 6.10 Å². The van der Waals surface area contributed by atoms with Crippen LogP contribution in [0.2, 0.25) is 5.02 Å². The molecule has 1 N–H and O–H groups in total. The second kappa shape index (κ2) is 7.79. The van der Waals surface area contributed by atoms with Gasteiger partial charge in [0.15, 0.2) is 6.10 Å². The summed E-state index contributed by atoms with van der Waals surface area (Å²) in [5.41, 5.74) is 1.88. The molecule has 0 aliphatic rings. The summed E-state index contributed by atoms with van der Waals surface area (Å²) in [7, 11) is 1.54. The van der Waals surface area contributed by atoms with Gasteiger partial charge in [0.05, 0.1) is 12.1 Å². The second-order valence-corrected chi connectivity index (χ2v) is 7.28. The van der Waals surface area contributed by atoms with Gasteiger partial charge in [0.25, 0.3) is 5.91 Å². The zero-order valence-electron chi connectivity index (χ0n) is 15.2. The van der Waals surface area contributed by atoms with Crippen LogP contribution in [-0.4, -0.2) is 19.1 Å². The lowest BCUT2D eigenvalue weighted by Crippen LogP contribution is -2.30. The molecule has 0 saturated carbocycles. The Morgan fingerprint density at radius 2 is 1.76 bits per heavy atom. The molecule has 0 aromatic heterocycles. The van der Waals surface area contributed by atoms with E-state index in [0.717, 1.165) is 0 Å². The molecule has 0 saturated heterocycles. The number of methoxy groups -OCH3 is 1. The summed E-state index contributed by atoms with van der Waals surface area (Å²) in [4.78, 5) is 12.3. The first kappa shape index (κ1) is 19.1. The molecule has 2 aromatic carbocycles. The highest BCUT2D eigenvalue weighted by atomic mass is 35.5. The van der Waals surface area contributed by atoms with Crippen LogP contribution in [0.3, 0.4) is 0 Å². The number of carbonyl (C=O) groups is 1. The predicted octanol–water partition coefficient (Wildman–Crippen LogP) is 5.05. The molecule has 5 heteroatoms. The Morgan fingerprint density at radius 3 is 2.28 bits per heavy atom. The summed E-state index contributed by atoms with van der Waals surface area (Å²) in [5, 5.41) is 3.22. The van der Waals surface area contributed by atoms with Crippen LogP contribution in [0.1, 0.15) is 33.3 Å². The Balaban J connectivity index is 1.99. The summed E-state index contributed by atoms with van der Waals surface area (Å²) in [6.07, 6.45) is -0.638. The van der Waals surface area contributed by atoms with Crippen molar-refractivity contribution >= 4 is 23.2 Å². The van der Waals surface area contributed by atoms with E-state index in [4.69, 9.17) is 21.1 Å². The molecule has 25 heavy (non-hydrogen) atoms. The van der Waals surface area contributed by atoms with Crippen molar-refractivity contribution in [2.24, 2.45) is 0 Å². The predicted molar refractivity (Wildman–Crippen MR) is 102 cm³/mol. The minimum absolute atomic E-state index is 0.0785. The monoisotopic (exact) mass is 361 g/mol. The van der Waals surface area contributed by atoms with E-state index in [2.05, 4.69) is 26.1 Å². The van der Waals surface area contributed by atoms with Crippen LogP contribution < -0.4 is 14.8 Å². The van der Waals surface area contributed by atoms with Crippen molar-refractivity contribution in [2.75, 3.05) is 12.4 Å². The zero-order chi connectivity index (χ0) is 18.6. The SMILES string of the molecule is COc1ccc(NC(=O)[C@@H](C)Oc2ccc(C(C)(C)C)cc2)cc1Cl. The van der Waals surface area contributed by atoms with E-state index in [0.29, 0.717) is 22.2 Å². The summed E-state index contributed by atoms with van der Waals surface area (Å²) in [6.45, 7) is 8.16. The summed E-state index contributed by atoms with van der Waals surface area (Å²) < 4.78 is 10.8. The number of rotatable bonds is 5. The van der Waals surface area contributed by atoms with E-state index in [-0.39, 0.29) is 11.3 Å². The Bertz CT molecular complexity index is 736. The highest BCUT2D eigenvalue weighted by Crippen LogP contribution is 2.28. The van der Waals surface area contributed by atoms with Crippen molar-refractivity contribution in [1.29, 1.82) is 0 Å². The number of amides is 1. The first-order chi connectivity index (χ1) is 11.7. The van der Waals surface area contributed by atoms with Gasteiger partial charge in [-0.15, -0.1) is 0 Å². The minimum atomic E-state index is -0.638. The summed E-state index contributed by atoms with van der Waals surface area (Å²) in [5.74, 6) is 0.965. The Hall–Kier alpha value is -2.20. The zero-order valence-corrected chi connectivity index (χ0v) is 16.0. The third kappa shape index (κ3) is 5.13. The van der Waals surface area contributed by atoms with Gasteiger partial charge in [0.2, 0.25) is 0 Å². The molecule has 134 valence electrons. The van der Waals surface area contributed by atoms with E-state index >= 15 is 0 Å². The van der Waals surface area contributed by atoms with Crippen molar-refractivity contribution in [1.82, 2.24) is 0 Å². The number of hydrogen-bond acceptors (Lipinski definition) is 3. The first-order valence-electron chi connectivity index (χ1n) is 8.12. The molecular weight excluding hydrogens is 338 g/mol. The maximum atomic E-state index is 12.3. The number of hydrogen-bond donors (Lipinski definition) is 1. The molecule has 2 aromatic rings. The summed E-state index contributed by atoms with van der Waals surface area (Å²) >= 11 is 6.07. The lowest BCUT2D eigenvalue weighted by atomic mass is 9.87. The van der Waals surface area contributed by atoms with Crippen LogP contribution in [-0.2, 0) is 10.2 Å². The quantitative estimate of drug-likeness (QED) is 0.810. The van der Waals surface area contributed by atoms with Crippen LogP contribution in [0.15, 0.2) is 42.5 Å². The van der Waals surface area contributed by atoms with E-state index in [1.165, 1.54) is 5.56 Å². The molecule has 1 amide bonds. The van der Waals surface area contributed by atoms with Crippen molar-refractivity contribution in [2.45, 2.75) is 39.2 Å². The Morgan fingerprint density at radius 1 is 1.12 bits per heavy atom. The number of anilines is 1. The Kier molecular flexibility index (Phi) is 5.96. The lowest BCUT2D eigenvalue weighted by Gasteiger charge is -2.20. The molecule has 4 nitrogen and oxygen atoms in total. The molecule has 0 unspecified atom stereocenters. The fraction of sp³-hybridized carbons (Fsp3) is 0.350. The van der Waals surface area contributed by atoms with Crippen molar-refractivity contribution in [3.8, 4) is 11.5 Å². The van der Waals surface area contributed by atoms with E-state index in [1.54, 1.807) is 32.2 Å². The fourth-order valence-electron chi connectivity index (χ4n) is 2.28. The fourth-order valence-corrected chi connectivity index (χ4v) is 2.54. The van der Waals surface area contributed by atoms with Crippen molar-refractivity contribution in [3.05, 3.63) is 53.1 Å². The van der Waals surface area contributed by atoms with Gasteiger partial charge in [-0.25, -0.2) is 0 Å². The van der Waals surface area contributed by atoms with Crippen molar-refractivity contribution < 1.29 is 14.3 Å². The van der Waals surface area contributed by atoms with Gasteiger partial charge in [-0.1, -0.05) is 44.5 Å². The second-order valence-electron chi connectivity index (χ2n) is 6.87. The molecule has 0 aliphatic heterocycles. The van der Waals surface area contributed by atoms with Gasteiger partial charge in [-0.3, -0.25) is 4.79 Å². The van der Waals surface area contributed by atoms with E-state index in [9.17, 15) is 4.79 Å². The van der Waals surface area contributed by atoms with Crippen LogP contribution in [0, 0.1) is 0 Å². The largest absolute Gasteiger partial charge is 0.495 e. The Labute approximate surface area is 154 Å². The molecule has 0 heterocycles. The number of benzene rings is 2. The average molecular weight is 362 g/mol. The third-order valence-electron chi connectivity index (χ3n) is 3.82. The van der Waals surface area contributed by atoms with Crippen LogP contribution in [0.5, 0.6) is 11.5 Å². The topological polar surface area (TPSA) is 47.6 Å². The molecule has 0 fully saturated rings. The van der Waals surface area contributed by atoms with Crippen LogP contribution >= 0.6 is 11.6 Å². The van der Waals surface area contributed by atoms with Gasteiger partial charge in [-0.2, -0.15) is 0 Å². The maximum Gasteiger partial charge on any atom is 0.265 e. The normalized spacial score (nSPS) is 12.4. The van der Waals surface area contributed by atoms with Crippen LogP contribution in [0.25, 0.3) is 0 Å². The van der Waals surface area contributed by atoms with Gasteiger partial charge in [0.1, 0.15) is 11.5 Å². The van der Waals surface area contributed by atoms with Crippen LogP contribution in [0.4, 0.5) is 5.69 Å². The molecule has 0 spiro atoms. The van der Waals surface area contributed by atoms with Gasteiger partial charge >= 0.3 is 0 Å². The molecule has 1 atom stereocenters. The molecular formula is C20H24ClNO3. The third-order valence-corrected chi connectivity index (χ3v) is 4.12. The highest BCUT2D eigenvalue weighted by molar-refractivity contribution is 6.32. The number of nitrogens with one attached hydrogen (secondary N) is 1. The molecule has 0 bridgehead atoms. The molecule has 0 radical (unpaired) electrons. The number of carbonyl (C=O) groups excluding carboxylic acids is 1. The maximum absolute atomic E-state index is 12.3. The van der Waals surface area contributed by atoms with Crippen molar-refractivity contribution in [3.63, 3.8) is 0 Å². The minimum Gasteiger partial charge on any atom is -0.495 e. The average Bonchev–Trinajstić information content (AvgIpc) is 2.54. The number of halogens is 1. The molecule has 2 rings (SSSR count). The lowest BCUT2D eigenvalue weighted by molar-refractivity contribution is -0.122. The van der Waals surface area contributed by atoms with E-state index in [1.807, 2.05) is 24.3 Å². The van der Waals surface area contributed by atoms with Gasteiger partial charge < -0.3 is 14.8 Å². The standard InChI is InChI=1S/C20H24ClNO3/c1-13(25-16-9-6-14(7-10-16)20(2,3)4)19(23)22-15-8-11-18(24-5)17(21)12-15/h6-13H,1-5H3,(H,22,23)/t13-/m1/s1.